The average Bonchev–Trinajstić information content (AvgIpc) is 2.86. The fraction of sp³-hybridized carbons (Fsp3) is 0.200. The molecule has 1 aromatic heterocycles. The van der Waals surface area contributed by atoms with E-state index in [0.29, 0.717) is 30.6 Å². The molecule has 2 aromatic carbocycles. The van der Waals surface area contributed by atoms with Crippen LogP contribution >= 0.6 is 12.2 Å². The van der Waals surface area contributed by atoms with Crippen molar-refractivity contribution in [1.82, 2.24) is 20.7 Å². The van der Waals surface area contributed by atoms with Gasteiger partial charge in [-0.1, -0.05) is 66.8 Å². The minimum absolute atomic E-state index is 0.327. The largest absolute Gasteiger partial charge is 0.470 e. The van der Waals surface area contributed by atoms with E-state index in [0.717, 1.165) is 41.3 Å². The summed E-state index contributed by atoms with van der Waals surface area (Å²) in [7, 11) is 0. The first-order valence-electron chi connectivity index (χ1n) is 10.9. The van der Waals surface area contributed by atoms with E-state index >= 15 is 0 Å². The molecule has 5 rings (SSSR count). The molecule has 0 aliphatic carbocycles. The molecule has 0 radical (unpaired) electrons. The number of thiocarbonyl (C=S) groups is 1. The smallest absolute Gasteiger partial charge is 0.239 e. The van der Waals surface area contributed by atoms with Crippen LogP contribution in [-0.2, 0) is 24.3 Å². The molecular formula is C25H24N6OS. The molecule has 3 aromatic rings. The van der Waals surface area contributed by atoms with E-state index in [4.69, 9.17) is 21.9 Å². The van der Waals surface area contributed by atoms with E-state index in [9.17, 15) is 0 Å². The van der Waals surface area contributed by atoms with Gasteiger partial charge in [0.05, 0.1) is 17.9 Å². The van der Waals surface area contributed by atoms with E-state index in [-0.39, 0.29) is 0 Å². The van der Waals surface area contributed by atoms with Crippen molar-refractivity contribution in [2.24, 2.45) is 10.2 Å². The molecule has 0 spiro atoms. The third kappa shape index (κ3) is 5.08. The molecule has 3 heterocycles. The quantitative estimate of drug-likeness (QED) is 0.420. The lowest BCUT2D eigenvalue weighted by molar-refractivity contribution is 0.276. The molecule has 0 atom stereocenters. The van der Waals surface area contributed by atoms with Gasteiger partial charge in [0, 0.05) is 17.7 Å². The van der Waals surface area contributed by atoms with Crippen LogP contribution < -0.4 is 10.7 Å². The second-order valence-corrected chi connectivity index (χ2v) is 8.29. The fourth-order valence-electron chi connectivity index (χ4n) is 3.78. The minimum atomic E-state index is 0.327. The maximum atomic E-state index is 6.12. The topological polar surface area (TPSA) is 74.1 Å². The van der Waals surface area contributed by atoms with E-state index in [1.54, 1.807) is 5.01 Å². The van der Waals surface area contributed by atoms with Gasteiger partial charge in [-0.05, 0) is 36.7 Å². The number of hydrazone groups is 2. The summed E-state index contributed by atoms with van der Waals surface area (Å²) >= 11 is 5.25. The van der Waals surface area contributed by atoms with Crippen LogP contribution in [0.15, 0.2) is 83.0 Å². The lowest BCUT2D eigenvalue weighted by atomic mass is 10.0. The van der Waals surface area contributed by atoms with E-state index in [1.807, 2.05) is 48.5 Å². The number of ether oxygens (including phenoxy) is 1. The van der Waals surface area contributed by atoms with Gasteiger partial charge < -0.3 is 10.1 Å². The van der Waals surface area contributed by atoms with Gasteiger partial charge in [-0.2, -0.15) is 5.10 Å². The van der Waals surface area contributed by atoms with Crippen LogP contribution in [0.1, 0.15) is 28.1 Å². The number of nitrogens with zero attached hydrogens (tertiary/aromatic N) is 4. The SMILES string of the molecule is S=C1CN2N=C(OCc3cccc(CNCCc4ccccc4)n3)c3ccccc3C2=NN1. The van der Waals surface area contributed by atoms with Crippen molar-refractivity contribution in [3.05, 3.63) is 101 Å². The van der Waals surface area contributed by atoms with Gasteiger partial charge in [-0.3, -0.25) is 10.4 Å². The zero-order chi connectivity index (χ0) is 22.5. The van der Waals surface area contributed by atoms with E-state index in [2.05, 4.69) is 45.2 Å². The lowest BCUT2D eigenvalue weighted by Gasteiger charge is -2.30. The summed E-state index contributed by atoms with van der Waals surface area (Å²) in [5.74, 6) is 1.29. The zero-order valence-corrected chi connectivity index (χ0v) is 18.9. The molecular weight excluding hydrogens is 432 g/mol. The fourth-order valence-corrected chi connectivity index (χ4v) is 3.95. The molecule has 33 heavy (non-hydrogen) atoms. The van der Waals surface area contributed by atoms with Crippen LogP contribution in [0.5, 0.6) is 0 Å². The second kappa shape index (κ2) is 9.89. The van der Waals surface area contributed by atoms with Gasteiger partial charge in [0.2, 0.25) is 5.90 Å². The van der Waals surface area contributed by atoms with Gasteiger partial charge in [0.15, 0.2) is 5.84 Å². The van der Waals surface area contributed by atoms with Crippen molar-refractivity contribution in [1.29, 1.82) is 0 Å². The Morgan fingerprint density at radius 1 is 0.939 bits per heavy atom. The summed E-state index contributed by atoms with van der Waals surface area (Å²) in [5.41, 5.74) is 7.91. The highest BCUT2D eigenvalue weighted by molar-refractivity contribution is 7.80. The third-order valence-electron chi connectivity index (χ3n) is 5.39. The second-order valence-electron chi connectivity index (χ2n) is 7.80. The number of amidine groups is 1. The molecule has 2 N–H and O–H groups in total. The minimum Gasteiger partial charge on any atom is -0.470 e. The first-order valence-corrected chi connectivity index (χ1v) is 11.3. The number of nitrogens with one attached hydrogen (secondary N) is 2. The average molecular weight is 457 g/mol. The van der Waals surface area contributed by atoms with Crippen molar-refractivity contribution in [3.8, 4) is 0 Å². The van der Waals surface area contributed by atoms with Crippen LogP contribution in [0.2, 0.25) is 0 Å². The Morgan fingerprint density at radius 2 is 1.73 bits per heavy atom. The Morgan fingerprint density at radius 3 is 2.61 bits per heavy atom. The molecule has 0 saturated heterocycles. The highest BCUT2D eigenvalue weighted by atomic mass is 32.1. The molecule has 0 fully saturated rings. The van der Waals surface area contributed by atoms with Crippen molar-refractivity contribution in [2.45, 2.75) is 19.6 Å². The molecule has 2 aliphatic heterocycles. The van der Waals surface area contributed by atoms with Crippen LogP contribution in [0.25, 0.3) is 0 Å². The molecule has 166 valence electrons. The van der Waals surface area contributed by atoms with Crippen molar-refractivity contribution in [2.75, 3.05) is 13.1 Å². The lowest BCUT2D eigenvalue weighted by Crippen LogP contribution is -2.45. The predicted molar refractivity (Wildman–Crippen MR) is 133 cm³/mol. The van der Waals surface area contributed by atoms with Gasteiger partial charge in [-0.25, -0.2) is 5.01 Å². The summed E-state index contributed by atoms with van der Waals surface area (Å²) in [6.07, 6.45) is 0.990. The zero-order valence-electron chi connectivity index (χ0n) is 18.1. The molecule has 0 amide bonds. The molecule has 0 unspecified atom stereocenters. The first-order chi connectivity index (χ1) is 16.3. The molecule has 2 aliphatic rings. The van der Waals surface area contributed by atoms with Crippen LogP contribution in [-0.4, -0.2) is 39.8 Å². The van der Waals surface area contributed by atoms with Crippen molar-refractivity contribution >= 4 is 28.9 Å². The number of hydrogen-bond acceptors (Lipinski definition) is 7. The number of pyridine rings is 1. The maximum absolute atomic E-state index is 6.12. The summed E-state index contributed by atoms with van der Waals surface area (Å²) in [4.78, 5) is 5.36. The molecule has 7 nitrogen and oxygen atoms in total. The highest BCUT2D eigenvalue weighted by Gasteiger charge is 2.29. The van der Waals surface area contributed by atoms with Gasteiger partial charge in [0.1, 0.15) is 11.6 Å². The summed E-state index contributed by atoms with van der Waals surface area (Å²) < 4.78 is 6.12. The number of hydrogen-bond donors (Lipinski definition) is 2. The van der Waals surface area contributed by atoms with Gasteiger partial charge in [-0.15, -0.1) is 5.10 Å². The Balaban J connectivity index is 1.22. The Kier molecular flexibility index (Phi) is 6.37. The molecule has 0 saturated carbocycles. The first kappa shape index (κ1) is 21.2. The Labute approximate surface area is 198 Å². The summed E-state index contributed by atoms with van der Waals surface area (Å²) in [6.45, 7) is 2.41. The Hall–Kier alpha value is -3.62. The maximum Gasteiger partial charge on any atom is 0.239 e. The highest BCUT2D eigenvalue weighted by Crippen LogP contribution is 2.22. The van der Waals surface area contributed by atoms with Crippen LogP contribution in [0, 0.1) is 0 Å². The van der Waals surface area contributed by atoms with Gasteiger partial charge in [0.25, 0.3) is 0 Å². The summed E-state index contributed by atoms with van der Waals surface area (Å²) in [6, 6.07) is 24.4. The van der Waals surface area contributed by atoms with E-state index in [1.165, 1.54) is 5.56 Å². The predicted octanol–water partition coefficient (Wildman–Crippen LogP) is 3.20. The number of benzene rings is 2. The number of fused-ring (bicyclic) bond motifs is 3. The molecule has 8 heteroatoms. The third-order valence-corrected chi connectivity index (χ3v) is 5.62. The summed E-state index contributed by atoms with van der Waals surface area (Å²) in [5, 5.41) is 14.3. The number of rotatable bonds is 7. The van der Waals surface area contributed by atoms with E-state index < -0.39 is 0 Å². The van der Waals surface area contributed by atoms with Crippen molar-refractivity contribution in [3.63, 3.8) is 0 Å². The van der Waals surface area contributed by atoms with Crippen molar-refractivity contribution < 1.29 is 4.74 Å². The van der Waals surface area contributed by atoms with Crippen LogP contribution in [0.3, 0.4) is 0 Å². The number of aromatic nitrogens is 1. The molecule has 0 bridgehead atoms. The van der Waals surface area contributed by atoms with Gasteiger partial charge >= 0.3 is 0 Å². The Bertz CT molecular complexity index is 1210. The monoisotopic (exact) mass is 456 g/mol. The van der Waals surface area contributed by atoms with Crippen LogP contribution in [0.4, 0.5) is 0 Å². The normalized spacial score (nSPS) is 14.5. The standard InChI is InChI=1S/C25H24N6OS/c33-23-16-31-24(29-28-23)21-11-4-5-12-22(21)25(30-31)32-17-20-10-6-9-19(27-20)15-26-14-13-18-7-2-1-3-8-18/h1-12,26H,13-17H2,(H,28,33).